The molecule has 1 N–H and O–H groups in total. The average Bonchev–Trinajstić information content (AvgIpc) is 2.50. The van der Waals surface area contributed by atoms with Gasteiger partial charge in [0.1, 0.15) is 0 Å². The van der Waals surface area contributed by atoms with Gasteiger partial charge in [-0.15, -0.1) is 0 Å². The molecule has 3 nitrogen and oxygen atoms in total. The Morgan fingerprint density at radius 3 is 2.38 bits per heavy atom. The van der Waals surface area contributed by atoms with E-state index >= 15 is 0 Å². The van der Waals surface area contributed by atoms with E-state index in [0.717, 1.165) is 6.42 Å². The Kier molecular flexibility index (Phi) is 7.73. The van der Waals surface area contributed by atoms with Crippen molar-refractivity contribution in [2.24, 2.45) is 5.92 Å². The molecule has 21 heavy (non-hydrogen) atoms. The molecule has 0 spiro atoms. The molecule has 2 unspecified atom stereocenters. The molecule has 2 atom stereocenters. The lowest BCUT2D eigenvalue weighted by Crippen LogP contribution is -2.38. The Morgan fingerprint density at radius 2 is 1.76 bits per heavy atom. The van der Waals surface area contributed by atoms with Crippen molar-refractivity contribution in [2.45, 2.75) is 58.9 Å². The monoisotopic (exact) mass is 289 g/mol. The zero-order valence-electron chi connectivity index (χ0n) is 13.4. The van der Waals surface area contributed by atoms with E-state index in [9.17, 15) is 9.59 Å². The van der Waals surface area contributed by atoms with Crippen molar-refractivity contribution in [3.8, 4) is 0 Å². The molecule has 1 amide bonds. The summed E-state index contributed by atoms with van der Waals surface area (Å²) in [4.78, 5) is 24.0. The van der Waals surface area contributed by atoms with Gasteiger partial charge < -0.3 is 5.32 Å². The second-order valence-electron chi connectivity index (χ2n) is 5.81. The van der Waals surface area contributed by atoms with Gasteiger partial charge in [0.25, 0.3) is 0 Å². The van der Waals surface area contributed by atoms with Crippen LogP contribution in [-0.2, 0) is 4.79 Å². The number of carbonyl (C=O) groups excluding carboxylic acids is 2. The number of hydrogen-bond acceptors (Lipinski definition) is 2. The van der Waals surface area contributed by atoms with Crippen LogP contribution in [0.3, 0.4) is 0 Å². The first-order chi connectivity index (χ1) is 10.0. The standard InChI is InChI=1S/C18H27NO2/c1-4-5-9-14(2)12-13-17(20)19-15(3)18(21)16-10-7-6-8-11-16/h6-8,10-11,14-15H,4-5,9,12-13H2,1-3H3,(H,19,20). The zero-order valence-corrected chi connectivity index (χ0v) is 13.4. The highest BCUT2D eigenvalue weighted by Crippen LogP contribution is 2.13. The van der Waals surface area contributed by atoms with Gasteiger partial charge >= 0.3 is 0 Å². The molecule has 0 saturated heterocycles. The molecule has 3 heteroatoms. The maximum atomic E-state index is 12.1. The number of carbonyl (C=O) groups is 2. The summed E-state index contributed by atoms with van der Waals surface area (Å²) in [7, 11) is 0. The van der Waals surface area contributed by atoms with Crippen LogP contribution >= 0.6 is 0 Å². The fourth-order valence-corrected chi connectivity index (χ4v) is 2.31. The molecule has 0 aliphatic carbocycles. The van der Waals surface area contributed by atoms with Gasteiger partial charge in [-0.3, -0.25) is 9.59 Å². The summed E-state index contributed by atoms with van der Waals surface area (Å²) in [5, 5.41) is 2.80. The largest absolute Gasteiger partial charge is 0.346 e. The summed E-state index contributed by atoms with van der Waals surface area (Å²) < 4.78 is 0. The maximum absolute atomic E-state index is 12.1. The number of nitrogens with one attached hydrogen (secondary N) is 1. The Labute approximate surface area is 128 Å². The molecular formula is C18H27NO2. The number of unbranched alkanes of at least 4 members (excludes halogenated alkanes) is 1. The summed E-state index contributed by atoms with van der Waals surface area (Å²) in [5.74, 6) is 0.494. The molecule has 0 bridgehead atoms. The first-order valence-electron chi connectivity index (χ1n) is 7.93. The van der Waals surface area contributed by atoms with E-state index in [1.54, 1.807) is 19.1 Å². The molecule has 0 fully saturated rings. The second kappa shape index (κ2) is 9.32. The Balaban J connectivity index is 2.35. The predicted molar refractivity (Wildman–Crippen MR) is 86.3 cm³/mol. The molecular weight excluding hydrogens is 262 g/mol. The van der Waals surface area contributed by atoms with Gasteiger partial charge in [0.05, 0.1) is 6.04 Å². The molecule has 0 radical (unpaired) electrons. The minimum Gasteiger partial charge on any atom is -0.346 e. The fraction of sp³-hybridized carbons (Fsp3) is 0.556. The summed E-state index contributed by atoms with van der Waals surface area (Å²) in [6.07, 6.45) is 4.96. The van der Waals surface area contributed by atoms with Crippen molar-refractivity contribution in [3.63, 3.8) is 0 Å². The van der Waals surface area contributed by atoms with Crippen molar-refractivity contribution >= 4 is 11.7 Å². The summed E-state index contributed by atoms with van der Waals surface area (Å²) in [6, 6.07) is 8.62. The SMILES string of the molecule is CCCCC(C)CCC(=O)NC(C)C(=O)c1ccccc1. The smallest absolute Gasteiger partial charge is 0.220 e. The fourth-order valence-electron chi connectivity index (χ4n) is 2.31. The third-order valence-electron chi connectivity index (χ3n) is 3.74. The minimum absolute atomic E-state index is 0.0323. The normalized spacial score (nSPS) is 13.5. The number of hydrogen-bond donors (Lipinski definition) is 1. The topological polar surface area (TPSA) is 46.2 Å². The molecule has 0 heterocycles. The van der Waals surface area contributed by atoms with Crippen molar-refractivity contribution in [1.29, 1.82) is 0 Å². The van der Waals surface area contributed by atoms with Crippen LogP contribution in [0.4, 0.5) is 0 Å². The molecule has 0 aliphatic heterocycles. The Bertz CT molecular complexity index is 442. The third kappa shape index (κ3) is 6.56. The van der Waals surface area contributed by atoms with Crippen molar-refractivity contribution in [1.82, 2.24) is 5.32 Å². The highest BCUT2D eigenvalue weighted by molar-refractivity contribution is 6.01. The van der Waals surface area contributed by atoms with Crippen LogP contribution in [-0.4, -0.2) is 17.7 Å². The first-order valence-corrected chi connectivity index (χ1v) is 7.93. The molecule has 0 aromatic heterocycles. The number of Topliss-reactive ketones (excluding diaryl/α,β-unsaturated/α-hetero) is 1. The van der Waals surface area contributed by atoms with Crippen LogP contribution in [0.5, 0.6) is 0 Å². The predicted octanol–water partition coefficient (Wildman–Crippen LogP) is 3.98. The zero-order chi connectivity index (χ0) is 15.7. The van der Waals surface area contributed by atoms with Crippen LogP contribution in [0.25, 0.3) is 0 Å². The third-order valence-corrected chi connectivity index (χ3v) is 3.74. The van der Waals surface area contributed by atoms with Gasteiger partial charge in [-0.1, -0.05) is 63.4 Å². The number of benzene rings is 1. The van der Waals surface area contributed by atoms with Gasteiger partial charge in [-0.05, 0) is 19.3 Å². The van der Waals surface area contributed by atoms with Crippen LogP contribution in [0.2, 0.25) is 0 Å². The lowest BCUT2D eigenvalue weighted by Gasteiger charge is -2.14. The van der Waals surface area contributed by atoms with Gasteiger partial charge in [0.15, 0.2) is 5.78 Å². The van der Waals surface area contributed by atoms with Crippen LogP contribution in [0, 0.1) is 5.92 Å². The van der Waals surface area contributed by atoms with E-state index in [0.29, 0.717) is 17.9 Å². The van der Waals surface area contributed by atoms with Gasteiger partial charge in [0, 0.05) is 12.0 Å². The molecule has 1 aromatic rings. The lowest BCUT2D eigenvalue weighted by atomic mass is 9.98. The number of amides is 1. The van der Waals surface area contributed by atoms with Gasteiger partial charge in [0.2, 0.25) is 5.91 Å². The molecule has 0 aliphatic rings. The van der Waals surface area contributed by atoms with E-state index in [1.807, 2.05) is 18.2 Å². The quantitative estimate of drug-likeness (QED) is 0.699. The van der Waals surface area contributed by atoms with Crippen LogP contribution in [0.15, 0.2) is 30.3 Å². The Hall–Kier alpha value is -1.64. The second-order valence-corrected chi connectivity index (χ2v) is 5.81. The lowest BCUT2D eigenvalue weighted by molar-refractivity contribution is -0.121. The molecule has 1 rings (SSSR count). The molecule has 1 aromatic carbocycles. The van der Waals surface area contributed by atoms with E-state index in [-0.39, 0.29) is 11.7 Å². The average molecular weight is 289 g/mol. The van der Waals surface area contributed by atoms with Crippen LogP contribution < -0.4 is 5.32 Å². The molecule has 0 saturated carbocycles. The van der Waals surface area contributed by atoms with E-state index in [2.05, 4.69) is 19.2 Å². The summed E-state index contributed by atoms with van der Waals surface area (Å²) in [5.41, 5.74) is 0.640. The highest BCUT2D eigenvalue weighted by Gasteiger charge is 2.17. The number of rotatable bonds is 9. The van der Waals surface area contributed by atoms with Crippen molar-refractivity contribution < 1.29 is 9.59 Å². The summed E-state index contributed by atoms with van der Waals surface area (Å²) >= 11 is 0. The Morgan fingerprint density at radius 1 is 1.10 bits per heavy atom. The van der Waals surface area contributed by atoms with E-state index < -0.39 is 6.04 Å². The summed E-state index contributed by atoms with van der Waals surface area (Å²) in [6.45, 7) is 6.10. The molecule has 116 valence electrons. The number of ketones is 1. The maximum Gasteiger partial charge on any atom is 0.220 e. The van der Waals surface area contributed by atoms with Gasteiger partial charge in [-0.2, -0.15) is 0 Å². The van der Waals surface area contributed by atoms with Crippen molar-refractivity contribution in [3.05, 3.63) is 35.9 Å². The van der Waals surface area contributed by atoms with Crippen LogP contribution in [0.1, 0.15) is 63.2 Å². The van der Waals surface area contributed by atoms with Crippen molar-refractivity contribution in [2.75, 3.05) is 0 Å². The minimum atomic E-state index is -0.467. The highest BCUT2D eigenvalue weighted by atomic mass is 16.2. The van der Waals surface area contributed by atoms with Gasteiger partial charge in [-0.25, -0.2) is 0 Å². The van der Waals surface area contributed by atoms with E-state index in [1.165, 1.54) is 19.3 Å². The first kappa shape index (κ1) is 17.4. The van der Waals surface area contributed by atoms with E-state index in [4.69, 9.17) is 0 Å².